The van der Waals surface area contributed by atoms with E-state index in [2.05, 4.69) is 0 Å². The van der Waals surface area contributed by atoms with E-state index in [-0.39, 0.29) is 5.56 Å². The number of halogens is 2. The lowest BCUT2D eigenvalue weighted by molar-refractivity contribution is -0.143. The van der Waals surface area contributed by atoms with Gasteiger partial charge in [0.25, 0.3) is 0 Å². The highest BCUT2D eigenvalue weighted by Gasteiger charge is 2.38. The number of aliphatic carboxylic acids is 1. The number of carbonyl (C=O) groups is 1. The van der Waals surface area contributed by atoms with E-state index in [9.17, 15) is 13.6 Å². The van der Waals surface area contributed by atoms with Gasteiger partial charge in [0.05, 0.1) is 12.5 Å². The first-order chi connectivity index (χ1) is 7.43. The lowest BCUT2D eigenvalue weighted by atomic mass is 9.79. The van der Waals surface area contributed by atoms with Crippen LogP contribution in [0.4, 0.5) is 8.78 Å². The lowest BCUT2D eigenvalue weighted by Crippen LogP contribution is -2.33. The molecule has 3 nitrogen and oxygen atoms in total. The number of hydrogen-bond acceptors (Lipinski definition) is 2. The first-order valence-electron chi connectivity index (χ1n) is 4.48. The summed E-state index contributed by atoms with van der Waals surface area (Å²) in [5, 5.41) is 17.5. The molecule has 0 bridgehead atoms. The molecule has 0 radical (unpaired) electrons. The van der Waals surface area contributed by atoms with Gasteiger partial charge in [-0.15, -0.1) is 0 Å². The zero-order valence-corrected chi connectivity index (χ0v) is 8.50. The summed E-state index contributed by atoms with van der Waals surface area (Å²) < 4.78 is 26.4. The van der Waals surface area contributed by atoms with Crippen LogP contribution < -0.4 is 0 Å². The van der Waals surface area contributed by atoms with Gasteiger partial charge in [-0.25, -0.2) is 8.78 Å². The zero-order chi connectivity index (χ0) is 12.3. The van der Waals surface area contributed by atoms with Crippen molar-refractivity contribution >= 4 is 5.97 Å². The molecule has 84 valence electrons. The average molecular weight is 225 g/mol. The fourth-order valence-corrected chi connectivity index (χ4v) is 1.37. The van der Waals surface area contributed by atoms with Crippen LogP contribution in [0.3, 0.4) is 0 Å². The van der Waals surface area contributed by atoms with Crippen LogP contribution in [0.1, 0.15) is 18.9 Å². The molecule has 0 saturated heterocycles. The molecule has 1 unspecified atom stereocenters. The zero-order valence-electron chi connectivity index (χ0n) is 8.50. The van der Waals surface area contributed by atoms with Gasteiger partial charge in [-0.05, 0) is 13.0 Å². The van der Waals surface area contributed by atoms with Crippen molar-refractivity contribution in [1.82, 2.24) is 0 Å². The second-order valence-corrected chi connectivity index (χ2v) is 3.57. The minimum absolute atomic E-state index is 0.318. The third-order valence-electron chi connectivity index (χ3n) is 2.45. The van der Waals surface area contributed by atoms with Crippen LogP contribution in [0.15, 0.2) is 18.2 Å². The second-order valence-electron chi connectivity index (χ2n) is 3.57. The van der Waals surface area contributed by atoms with Crippen molar-refractivity contribution in [2.24, 2.45) is 0 Å². The molecule has 5 heteroatoms. The average Bonchev–Trinajstić information content (AvgIpc) is 2.22. The van der Waals surface area contributed by atoms with Gasteiger partial charge < -0.3 is 5.11 Å². The van der Waals surface area contributed by atoms with Gasteiger partial charge in [-0.1, -0.05) is 12.1 Å². The number of hydrogen-bond donors (Lipinski definition) is 1. The molecule has 1 rings (SSSR count). The van der Waals surface area contributed by atoms with E-state index >= 15 is 0 Å². The van der Waals surface area contributed by atoms with Crippen molar-refractivity contribution < 1.29 is 18.7 Å². The van der Waals surface area contributed by atoms with Gasteiger partial charge in [0.1, 0.15) is 5.41 Å². The summed E-state index contributed by atoms with van der Waals surface area (Å²) in [6.45, 7) is 1.19. The minimum atomic E-state index is -1.74. The number of nitriles is 1. The second kappa shape index (κ2) is 4.27. The van der Waals surface area contributed by atoms with E-state index in [0.29, 0.717) is 0 Å². The molecule has 1 atom stereocenters. The van der Waals surface area contributed by atoms with E-state index < -0.39 is 29.4 Å². The maximum absolute atomic E-state index is 13.4. The van der Waals surface area contributed by atoms with Gasteiger partial charge >= 0.3 is 5.97 Å². The maximum Gasteiger partial charge on any atom is 0.315 e. The van der Waals surface area contributed by atoms with Crippen molar-refractivity contribution in [2.75, 3.05) is 0 Å². The predicted octanol–water partition coefficient (Wildman–Crippen LogP) is 2.22. The lowest BCUT2D eigenvalue weighted by Gasteiger charge is -2.22. The molecular formula is C11H9F2NO2. The molecule has 1 N–H and O–H groups in total. The summed E-state index contributed by atoms with van der Waals surface area (Å²) in [5.74, 6) is -3.70. The standard InChI is InChI=1S/C11H9F2NO2/c1-11(5-6-14,10(15)16)7-3-2-4-8(12)9(7)13/h2-4H,5H2,1H3,(H,15,16). The monoisotopic (exact) mass is 225 g/mol. The van der Waals surface area contributed by atoms with Crippen molar-refractivity contribution in [1.29, 1.82) is 5.26 Å². The number of benzene rings is 1. The van der Waals surface area contributed by atoms with Gasteiger partial charge in [-0.3, -0.25) is 4.79 Å². The number of carboxylic acids is 1. The van der Waals surface area contributed by atoms with E-state index in [1.165, 1.54) is 19.1 Å². The highest BCUT2D eigenvalue weighted by Crippen LogP contribution is 2.30. The van der Waals surface area contributed by atoms with Gasteiger partial charge in [-0.2, -0.15) is 5.26 Å². The molecule has 0 heterocycles. The Labute approximate surface area is 90.9 Å². The number of carboxylic acid groups (broad SMARTS) is 1. The highest BCUT2D eigenvalue weighted by atomic mass is 19.2. The summed E-state index contributed by atoms with van der Waals surface area (Å²) >= 11 is 0. The SMILES string of the molecule is CC(CC#N)(C(=O)O)c1cccc(F)c1F. The maximum atomic E-state index is 13.4. The summed E-state index contributed by atoms with van der Waals surface area (Å²) in [5.41, 5.74) is -2.05. The molecule has 0 amide bonds. The molecular weight excluding hydrogens is 216 g/mol. The minimum Gasteiger partial charge on any atom is -0.481 e. The molecule has 0 aromatic heterocycles. The molecule has 0 spiro atoms. The van der Waals surface area contributed by atoms with Crippen LogP contribution in [-0.2, 0) is 10.2 Å². The third kappa shape index (κ3) is 1.87. The fraction of sp³-hybridized carbons (Fsp3) is 0.273. The number of nitrogens with zero attached hydrogens (tertiary/aromatic N) is 1. The Morgan fingerprint density at radius 1 is 1.56 bits per heavy atom. The molecule has 16 heavy (non-hydrogen) atoms. The normalized spacial score (nSPS) is 13.9. The first-order valence-corrected chi connectivity index (χ1v) is 4.48. The largest absolute Gasteiger partial charge is 0.481 e. The van der Waals surface area contributed by atoms with Crippen LogP contribution in [0.5, 0.6) is 0 Å². The van der Waals surface area contributed by atoms with Crippen LogP contribution in [-0.4, -0.2) is 11.1 Å². The molecule has 0 aliphatic rings. The van der Waals surface area contributed by atoms with Crippen molar-refractivity contribution in [3.63, 3.8) is 0 Å². The smallest absolute Gasteiger partial charge is 0.315 e. The van der Waals surface area contributed by atoms with E-state index in [0.717, 1.165) is 6.07 Å². The first kappa shape index (κ1) is 12.1. The highest BCUT2D eigenvalue weighted by molar-refractivity contribution is 5.81. The summed E-state index contributed by atoms with van der Waals surface area (Å²) in [6.07, 6.45) is -0.428. The molecule has 1 aromatic rings. The van der Waals surface area contributed by atoms with E-state index in [1.807, 2.05) is 0 Å². The molecule has 0 aliphatic carbocycles. The summed E-state index contributed by atoms with van der Waals surface area (Å²) in [6, 6.07) is 4.95. The Hall–Kier alpha value is -1.96. The number of rotatable bonds is 3. The van der Waals surface area contributed by atoms with Crippen molar-refractivity contribution in [3.8, 4) is 6.07 Å². The molecule has 1 aromatic carbocycles. The van der Waals surface area contributed by atoms with Crippen LogP contribution in [0.2, 0.25) is 0 Å². The van der Waals surface area contributed by atoms with E-state index in [4.69, 9.17) is 10.4 Å². The van der Waals surface area contributed by atoms with Crippen LogP contribution in [0.25, 0.3) is 0 Å². The molecule has 0 aliphatic heterocycles. The molecule has 0 saturated carbocycles. The quantitative estimate of drug-likeness (QED) is 0.857. The van der Waals surface area contributed by atoms with E-state index in [1.54, 1.807) is 6.07 Å². The van der Waals surface area contributed by atoms with Crippen LogP contribution in [0, 0.1) is 23.0 Å². The molecule has 0 fully saturated rings. The predicted molar refractivity (Wildman–Crippen MR) is 51.6 cm³/mol. The van der Waals surface area contributed by atoms with Crippen molar-refractivity contribution in [2.45, 2.75) is 18.8 Å². The van der Waals surface area contributed by atoms with Crippen LogP contribution >= 0.6 is 0 Å². The summed E-state index contributed by atoms with van der Waals surface area (Å²) in [4.78, 5) is 11.0. The third-order valence-corrected chi connectivity index (χ3v) is 2.45. The van der Waals surface area contributed by atoms with Gasteiger partial charge in [0.2, 0.25) is 0 Å². The Morgan fingerprint density at radius 2 is 2.19 bits per heavy atom. The fourth-order valence-electron chi connectivity index (χ4n) is 1.37. The Bertz CT molecular complexity index is 468. The Balaban J connectivity index is 3.39. The Morgan fingerprint density at radius 3 is 2.69 bits per heavy atom. The Kier molecular flexibility index (Phi) is 3.23. The topological polar surface area (TPSA) is 61.1 Å². The summed E-state index contributed by atoms with van der Waals surface area (Å²) in [7, 11) is 0. The van der Waals surface area contributed by atoms with Gasteiger partial charge in [0, 0.05) is 5.56 Å². The van der Waals surface area contributed by atoms with Crippen molar-refractivity contribution in [3.05, 3.63) is 35.4 Å². The van der Waals surface area contributed by atoms with Gasteiger partial charge in [0.15, 0.2) is 11.6 Å².